The first-order valence-electron chi connectivity index (χ1n) is 48.9. The Kier molecular flexibility index (Phi) is 36.1. The number of hydrogen-bond donors (Lipinski definition) is 23. The molecule has 22 aliphatic heterocycles. The van der Waals surface area contributed by atoms with E-state index >= 15 is 0 Å². The molecular formula is C90H179N23. The van der Waals surface area contributed by atoms with E-state index in [1.54, 1.807) is 0 Å². The summed E-state index contributed by atoms with van der Waals surface area (Å²) < 4.78 is 0. The van der Waals surface area contributed by atoms with Gasteiger partial charge in [-0.05, 0) is 421 Å². The highest BCUT2D eigenvalue weighted by Crippen LogP contribution is 2.43. The Bertz CT molecular complexity index is 2210. The van der Waals surface area contributed by atoms with Gasteiger partial charge >= 0.3 is 0 Å². The van der Waals surface area contributed by atoms with Crippen LogP contribution in [0.4, 0.5) is 0 Å². The molecule has 654 valence electrons. The molecule has 22 heterocycles. The maximum absolute atomic E-state index is 3.69. The summed E-state index contributed by atoms with van der Waals surface area (Å²) in [5.41, 5.74) is 7.70. The highest BCUT2D eigenvalue weighted by molar-refractivity contribution is 5.07. The van der Waals surface area contributed by atoms with Crippen molar-refractivity contribution >= 4 is 0 Å². The fourth-order valence-electron chi connectivity index (χ4n) is 23.8. The first-order chi connectivity index (χ1) is 55.5. The zero-order valence-electron chi connectivity index (χ0n) is 72.7. The van der Waals surface area contributed by atoms with Crippen LogP contribution in [0.1, 0.15) is 238 Å². The fourth-order valence-corrected chi connectivity index (χ4v) is 23.8. The number of hydrogen-bond acceptors (Lipinski definition) is 23. The van der Waals surface area contributed by atoms with Crippen LogP contribution >= 0.6 is 0 Å². The van der Waals surface area contributed by atoms with Gasteiger partial charge in [0.05, 0.1) is 0 Å². The topological polar surface area (TPSA) is 277 Å². The molecule has 23 heteroatoms. The normalized spacial score (nSPS) is 34.2. The Hall–Kier alpha value is -0.920. The molecule has 24 aliphatic rings. The van der Waals surface area contributed by atoms with E-state index in [-0.39, 0.29) is 0 Å². The van der Waals surface area contributed by atoms with Gasteiger partial charge in [-0.1, -0.05) is 12.8 Å². The second kappa shape index (κ2) is 45.5. The Morgan fingerprint density at radius 3 is 0.584 bits per heavy atom. The molecule has 23 N–H and O–H groups in total. The summed E-state index contributed by atoms with van der Waals surface area (Å²) in [5.74, 6) is 0. The number of nitrogens with one attached hydrogen (secondary N) is 23. The molecule has 12 spiro atoms. The minimum absolute atomic E-state index is 0.512. The Morgan fingerprint density at radius 1 is 0.0973 bits per heavy atom. The molecule has 0 radical (unpaired) electrons. The summed E-state index contributed by atoms with van der Waals surface area (Å²) in [6.07, 6.45) is 51.7. The molecule has 113 heavy (non-hydrogen) atoms. The van der Waals surface area contributed by atoms with Crippen molar-refractivity contribution < 1.29 is 0 Å². The Morgan fingerprint density at radius 2 is 0.319 bits per heavy atom. The predicted octanol–water partition coefficient (Wildman–Crippen LogP) is 3.76. The molecule has 3 atom stereocenters. The van der Waals surface area contributed by atoms with Crippen molar-refractivity contribution in [3.8, 4) is 0 Å². The van der Waals surface area contributed by atoms with Crippen molar-refractivity contribution in [2.45, 2.75) is 265 Å². The lowest BCUT2D eigenvalue weighted by Crippen LogP contribution is -2.57. The van der Waals surface area contributed by atoms with E-state index in [0.29, 0.717) is 54.8 Å². The number of rotatable bonds is 0. The maximum Gasteiger partial charge on any atom is 0.0318 e. The third kappa shape index (κ3) is 28.3. The van der Waals surface area contributed by atoms with E-state index in [1.165, 1.54) is 499 Å². The molecule has 2 aliphatic carbocycles. The lowest BCUT2D eigenvalue weighted by atomic mass is 9.72. The van der Waals surface area contributed by atoms with Crippen LogP contribution in [0.2, 0.25) is 0 Å². The molecule has 23 nitrogen and oxygen atoms in total. The van der Waals surface area contributed by atoms with Crippen LogP contribution in [0.3, 0.4) is 0 Å². The lowest BCUT2D eigenvalue weighted by molar-refractivity contribution is 0.116. The van der Waals surface area contributed by atoms with Crippen molar-refractivity contribution in [3.63, 3.8) is 0 Å². The van der Waals surface area contributed by atoms with Gasteiger partial charge in [0.25, 0.3) is 0 Å². The van der Waals surface area contributed by atoms with Crippen molar-refractivity contribution in [1.82, 2.24) is 122 Å². The Labute approximate surface area is 690 Å². The van der Waals surface area contributed by atoms with E-state index in [1.807, 2.05) is 0 Å². The number of piperazine rings is 1. The van der Waals surface area contributed by atoms with E-state index in [9.17, 15) is 0 Å². The molecule has 24 rings (SSSR count). The zero-order valence-corrected chi connectivity index (χ0v) is 72.7. The standard InChI is InChI=1S/3C9H18N2.3C8H16N2.3C7H14N2.2C6H12N2.C6H11N/c1-5-10-6-2-9(1)3-7-11-8-4-9;1-2-9(8-11-5-1)3-6-10-7-4-9;1-2-6-11-9(3-1)4-7-10-8-5-9;1-4-9-5-2-8(1)3-6-10-7-8;1-2-8(6-9-4-1)3-5-10-7-8;1-2-5-10-8(3-1)4-6-9-7-8;1-3-8-5-7(1)2-4-9-6-7;1-3-8-4-2-7(1)5-9-6-7;1-2-7(9-4-1)3-5-8-6-7;1-2-7-3-6(1)4-8-5-6;1-2-6(1)5-7-3-4-8-6;1-2-6(3-4-6)7-5-1/h3*10-11H,1-8H2;3*9-10H,1-7H2;3*8-9H,1-6H2;2*7-8H,1-5H2;7H,1-5H2. The van der Waals surface area contributed by atoms with E-state index < -0.39 is 0 Å². The summed E-state index contributed by atoms with van der Waals surface area (Å²) in [7, 11) is 0. The summed E-state index contributed by atoms with van der Waals surface area (Å²) in [6, 6.07) is 0. The van der Waals surface area contributed by atoms with Crippen molar-refractivity contribution in [1.29, 1.82) is 0 Å². The maximum atomic E-state index is 3.69. The summed E-state index contributed by atoms with van der Waals surface area (Å²) >= 11 is 0. The third-order valence-electron chi connectivity index (χ3n) is 33.0. The van der Waals surface area contributed by atoms with Gasteiger partial charge in [-0.3, -0.25) is 0 Å². The quantitative estimate of drug-likeness (QED) is 0.165. The number of piperidine rings is 10. The van der Waals surface area contributed by atoms with Gasteiger partial charge in [-0.2, -0.15) is 0 Å². The van der Waals surface area contributed by atoms with E-state index in [2.05, 4.69) is 122 Å². The van der Waals surface area contributed by atoms with Crippen LogP contribution < -0.4 is 122 Å². The van der Waals surface area contributed by atoms with Gasteiger partial charge in [-0.25, -0.2) is 0 Å². The van der Waals surface area contributed by atoms with Crippen LogP contribution in [-0.4, -0.2) is 296 Å². The highest BCUT2D eigenvalue weighted by Gasteiger charge is 2.46. The van der Waals surface area contributed by atoms with Crippen LogP contribution in [0, 0.1) is 37.9 Å². The second-order valence-corrected chi connectivity index (χ2v) is 41.6. The van der Waals surface area contributed by atoms with Crippen molar-refractivity contribution in [2.24, 2.45) is 37.9 Å². The molecule has 0 amide bonds. The summed E-state index contributed by atoms with van der Waals surface area (Å²) in [4.78, 5) is 0. The SMILES string of the molecule is C1CC2(CCN1)CCNC2.C1CC2(CCN1)CCNCC2.C1CC2(CCN1)CNC2.C1CC2(CCNC2)CN1.C1CC2(CN1)CNC2.C1CCC2(CCNC2)NC1.C1CCC2(CCNCC2)NC1.C1CNC2(C1)CC2.C1CNC2(C1)CCNC2.C1CNC2(CC2)CN1.C1CNCC2(C1)CCNC2.C1CNCC2(C1)CCNCC2. The molecule has 0 aromatic heterocycles. The molecule has 0 aromatic carbocycles. The van der Waals surface area contributed by atoms with Gasteiger partial charge < -0.3 is 122 Å². The molecule has 22 saturated heterocycles. The van der Waals surface area contributed by atoms with Crippen molar-refractivity contribution in [3.05, 3.63) is 0 Å². The average molecular weight is 1580 g/mol. The van der Waals surface area contributed by atoms with Gasteiger partial charge in [0.1, 0.15) is 0 Å². The highest BCUT2D eigenvalue weighted by atomic mass is 15.1. The monoisotopic (exact) mass is 1580 g/mol. The van der Waals surface area contributed by atoms with Crippen LogP contribution in [0.25, 0.3) is 0 Å². The van der Waals surface area contributed by atoms with Crippen LogP contribution in [0.5, 0.6) is 0 Å². The summed E-state index contributed by atoms with van der Waals surface area (Å²) in [6.45, 7) is 50.7. The molecule has 0 bridgehead atoms. The second-order valence-electron chi connectivity index (χ2n) is 41.6. The summed E-state index contributed by atoms with van der Waals surface area (Å²) in [5, 5.41) is 79.3. The first-order valence-corrected chi connectivity index (χ1v) is 48.9. The third-order valence-corrected chi connectivity index (χ3v) is 33.0. The first kappa shape index (κ1) is 89.8. The zero-order chi connectivity index (χ0) is 77.4. The van der Waals surface area contributed by atoms with Crippen molar-refractivity contribution in [2.75, 3.05) is 268 Å². The van der Waals surface area contributed by atoms with Crippen LogP contribution in [-0.2, 0) is 0 Å². The smallest absolute Gasteiger partial charge is 0.0318 e. The molecular weight excluding hydrogens is 1400 g/mol. The molecule has 0 aromatic rings. The predicted molar refractivity (Wildman–Crippen MR) is 473 cm³/mol. The minimum Gasteiger partial charge on any atom is -0.317 e. The van der Waals surface area contributed by atoms with Gasteiger partial charge in [0, 0.05) is 138 Å². The van der Waals surface area contributed by atoms with Gasteiger partial charge in [0.2, 0.25) is 0 Å². The molecule has 2 saturated carbocycles. The Balaban J connectivity index is 0.000000108. The average Bonchev–Trinajstić information content (AvgIpc) is 1.66. The lowest BCUT2D eigenvalue weighted by Gasteiger charge is -2.45. The van der Waals surface area contributed by atoms with Crippen LogP contribution in [0.15, 0.2) is 0 Å². The van der Waals surface area contributed by atoms with E-state index in [4.69, 9.17) is 0 Å². The van der Waals surface area contributed by atoms with Gasteiger partial charge in [0.15, 0.2) is 0 Å². The molecule has 3 unspecified atom stereocenters. The van der Waals surface area contributed by atoms with E-state index in [0.717, 1.165) is 17.4 Å². The van der Waals surface area contributed by atoms with Gasteiger partial charge in [-0.15, -0.1) is 0 Å². The largest absolute Gasteiger partial charge is 0.317 e. The fraction of sp³-hybridized carbons (Fsp3) is 1.00. The minimum atomic E-state index is 0.512. The molecule has 24 fully saturated rings.